The number of amides is 1. The standard InChI is InChI=1S/C24H22N4O6/c1-5-34-24(31)16-13-15-20(25-19-8-6-7-11-28(19)23(15)30)27(2)21(16)26-22(29)14-9-10-17(32-3)18(12-14)33-4/h6-13H,5H2,1-4H3. The molecule has 3 aromatic heterocycles. The molecule has 0 radical (unpaired) electrons. The fourth-order valence-electron chi connectivity index (χ4n) is 3.59. The van der Waals surface area contributed by atoms with Crippen LogP contribution in [0.3, 0.4) is 0 Å². The number of carbonyl (C=O) groups is 2. The number of rotatable bonds is 5. The molecule has 0 aliphatic carbocycles. The van der Waals surface area contributed by atoms with E-state index >= 15 is 0 Å². The number of aryl methyl sites for hydroxylation is 1. The van der Waals surface area contributed by atoms with Crippen LogP contribution in [0, 0.1) is 0 Å². The van der Waals surface area contributed by atoms with Gasteiger partial charge >= 0.3 is 5.97 Å². The molecule has 1 aromatic carbocycles. The zero-order chi connectivity index (χ0) is 24.4. The van der Waals surface area contributed by atoms with E-state index in [2.05, 4.69) is 9.98 Å². The second-order valence-corrected chi connectivity index (χ2v) is 7.23. The van der Waals surface area contributed by atoms with Crippen LogP contribution in [-0.2, 0) is 11.8 Å². The van der Waals surface area contributed by atoms with Gasteiger partial charge in [0.05, 0.1) is 26.2 Å². The fourth-order valence-corrected chi connectivity index (χ4v) is 3.59. The van der Waals surface area contributed by atoms with E-state index in [1.165, 1.54) is 41.4 Å². The number of ether oxygens (including phenoxy) is 3. The van der Waals surface area contributed by atoms with Crippen LogP contribution >= 0.6 is 0 Å². The lowest BCUT2D eigenvalue weighted by atomic mass is 10.2. The summed E-state index contributed by atoms with van der Waals surface area (Å²) in [6, 6.07) is 11.1. The van der Waals surface area contributed by atoms with Gasteiger partial charge in [-0.1, -0.05) is 6.07 Å². The Kier molecular flexibility index (Phi) is 6.13. The number of fused-ring (bicyclic) bond motifs is 2. The molecule has 10 nitrogen and oxygen atoms in total. The Morgan fingerprint density at radius 1 is 1.06 bits per heavy atom. The zero-order valence-electron chi connectivity index (χ0n) is 19.1. The molecule has 0 saturated heterocycles. The Morgan fingerprint density at radius 2 is 1.82 bits per heavy atom. The normalized spacial score (nSPS) is 11.6. The Morgan fingerprint density at radius 3 is 2.53 bits per heavy atom. The largest absolute Gasteiger partial charge is 0.493 e. The third-order valence-electron chi connectivity index (χ3n) is 5.25. The van der Waals surface area contributed by atoms with Crippen molar-refractivity contribution in [3.05, 3.63) is 75.6 Å². The molecule has 10 heteroatoms. The van der Waals surface area contributed by atoms with Gasteiger partial charge in [0, 0.05) is 18.8 Å². The van der Waals surface area contributed by atoms with Crippen LogP contribution in [0.4, 0.5) is 0 Å². The third kappa shape index (κ3) is 3.90. The summed E-state index contributed by atoms with van der Waals surface area (Å²) in [5.41, 5.74) is 0.525. The minimum absolute atomic E-state index is 0.0120. The molecule has 0 atom stereocenters. The molecule has 0 saturated carbocycles. The van der Waals surface area contributed by atoms with Crippen molar-refractivity contribution in [1.82, 2.24) is 14.0 Å². The van der Waals surface area contributed by atoms with Crippen LogP contribution in [0.2, 0.25) is 0 Å². The Labute approximate surface area is 193 Å². The molecule has 3 heterocycles. The Hall–Kier alpha value is -4.47. The first-order valence-corrected chi connectivity index (χ1v) is 10.4. The van der Waals surface area contributed by atoms with E-state index in [4.69, 9.17) is 14.2 Å². The molecule has 0 N–H and O–H groups in total. The SMILES string of the molecule is CCOC(=O)c1cc2c(=O)n3ccccc3nc2n(C)c1=NC(=O)c1ccc(OC)c(OC)c1. The molecule has 0 aliphatic heterocycles. The highest BCUT2D eigenvalue weighted by Gasteiger charge is 2.19. The summed E-state index contributed by atoms with van der Waals surface area (Å²) in [7, 11) is 4.53. The lowest BCUT2D eigenvalue weighted by Crippen LogP contribution is -2.31. The Balaban J connectivity index is 2.01. The first kappa shape index (κ1) is 22.7. The van der Waals surface area contributed by atoms with Gasteiger partial charge in [-0.3, -0.25) is 14.0 Å². The summed E-state index contributed by atoms with van der Waals surface area (Å²) in [5, 5.41) is 0.187. The van der Waals surface area contributed by atoms with Gasteiger partial charge in [-0.15, -0.1) is 0 Å². The molecule has 0 unspecified atom stereocenters. The summed E-state index contributed by atoms with van der Waals surface area (Å²) in [6.45, 7) is 1.77. The monoisotopic (exact) mass is 462 g/mol. The van der Waals surface area contributed by atoms with Crippen LogP contribution in [0.1, 0.15) is 27.6 Å². The second-order valence-electron chi connectivity index (χ2n) is 7.23. The highest BCUT2D eigenvalue weighted by molar-refractivity contribution is 5.97. The lowest BCUT2D eigenvalue weighted by molar-refractivity contribution is 0.0523. The highest BCUT2D eigenvalue weighted by atomic mass is 16.5. The van der Waals surface area contributed by atoms with Crippen molar-refractivity contribution >= 4 is 28.6 Å². The molecule has 0 fully saturated rings. The molecule has 0 aliphatic rings. The second kappa shape index (κ2) is 9.18. The molecule has 0 bridgehead atoms. The molecule has 0 spiro atoms. The number of hydrogen-bond donors (Lipinski definition) is 0. The quantitative estimate of drug-likeness (QED) is 0.330. The zero-order valence-corrected chi connectivity index (χ0v) is 19.1. The summed E-state index contributed by atoms with van der Waals surface area (Å²) >= 11 is 0. The van der Waals surface area contributed by atoms with Crippen molar-refractivity contribution in [2.24, 2.45) is 12.0 Å². The Bertz CT molecular complexity index is 1570. The first-order valence-electron chi connectivity index (χ1n) is 10.4. The van der Waals surface area contributed by atoms with E-state index in [9.17, 15) is 14.4 Å². The first-order chi connectivity index (χ1) is 16.4. The van der Waals surface area contributed by atoms with Crippen molar-refractivity contribution in [3.63, 3.8) is 0 Å². The van der Waals surface area contributed by atoms with Crippen LogP contribution < -0.4 is 20.5 Å². The van der Waals surface area contributed by atoms with Crippen molar-refractivity contribution in [2.45, 2.75) is 6.92 Å². The number of benzene rings is 1. The van der Waals surface area contributed by atoms with E-state index in [1.54, 1.807) is 44.4 Å². The molecule has 174 valence electrons. The maximum absolute atomic E-state index is 13.1. The van der Waals surface area contributed by atoms with Gasteiger partial charge in [0.15, 0.2) is 17.0 Å². The van der Waals surface area contributed by atoms with Crippen molar-refractivity contribution in [1.29, 1.82) is 0 Å². The van der Waals surface area contributed by atoms with Crippen molar-refractivity contribution in [3.8, 4) is 11.5 Å². The van der Waals surface area contributed by atoms with Crippen LogP contribution in [-0.4, -0.2) is 46.7 Å². The van der Waals surface area contributed by atoms with Crippen LogP contribution in [0.15, 0.2) is 58.4 Å². The fraction of sp³-hybridized carbons (Fsp3) is 0.208. The van der Waals surface area contributed by atoms with E-state index in [0.717, 1.165) is 0 Å². The van der Waals surface area contributed by atoms with Gasteiger partial charge in [0.2, 0.25) is 0 Å². The summed E-state index contributed by atoms with van der Waals surface area (Å²) in [4.78, 5) is 47.7. The van der Waals surface area contributed by atoms with Gasteiger partial charge < -0.3 is 18.8 Å². The van der Waals surface area contributed by atoms with E-state index in [0.29, 0.717) is 17.1 Å². The average Bonchev–Trinajstić information content (AvgIpc) is 2.85. The molecular weight excluding hydrogens is 440 g/mol. The van der Waals surface area contributed by atoms with Crippen LogP contribution in [0.25, 0.3) is 16.7 Å². The maximum atomic E-state index is 13.1. The number of aromatic nitrogens is 3. The maximum Gasteiger partial charge on any atom is 0.341 e. The van der Waals surface area contributed by atoms with E-state index < -0.39 is 11.9 Å². The molecule has 4 aromatic rings. The van der Waals surface area contributed by atoms with E-state index in [-0.39, 0.29) is 39.8 Å². The summed E-state index contributed by atoms with van der Waals surface area (Å²) < 4.78 is 18.5. The summed E-state index contributed by atoms with van der Waals surface area (Å²) in [6.07, 6.45) is 1.59. The predicted molar refractivity (Wildman–Crippen MR) is 123 cm³/mol. The number of pyridine rings is 2. The van der Waals surface area contributed by atoms with Crippen LogP contribution in [0.5, 0.6) is 11.5 Å². The number of nitrogens with zero attached hydrogens (tertiary/aromatic N) is 4. The van der Waals surface area contributed by atoms with Gasteiger partial charge in [-0.05, 0) is 43.3 Å². The molecule has 34 heavy (non-hydrogen) atoms. The highest BCUT2D eigenvalue weighted by Crippen LogP contribution is 2.27. The molecule has 4 rings (SSSR count). The topological polar surface area (TPSA) is 113 Å². The van der Waals surface area contributed by atoms with Crippen molar-refractivity contribution in [2.75, 3.05) is 20.8 Å². The summed E-state index contributed by atoms with van der Waals surface area (Å²) in [5.74, 6) is -0.521. The van der Waals surface area contributed by atoms with Gasteiger partial charge in [0.25, 0.3) is 11.5 Å². The number of carbonyl (C=O) groups excluding carboxylic acids is 2. The lowest BCUT2D eigenvalue weighted by Gasteiger charge is -2.12. The van der Waals surface area contributed by atoms with Gasteiger partial charge in [-0.2, -0.15) is 4.99 Å². The molecule has 1 amide bonds. The number of hydrogen-bond acceptors (Lipinski definition) is 7. The predicted octanol–water partition coefficient (Wildman–Crippen LogP) is 2.12. The number of methoxy groups -OCH3 is 2. The van der Waals surface area contributed by atoms with Gasteiger partial charge in [0.1, 0.15) is 16.9 Å². The minimum Gasteiger partial charge on any atom is -0.493 e. The van der Waals surface area contributed by atoms with Crippen molar-refractivity contribution < 1.29 is 23.8 Å². The average molecular weight is 462 g/mol. The minimum atomic E-state index is -0.712. The third-order valence-corrected chi connectivity index (χ3v) is 5.25. The van der Waals surface area contributed by atoms with E-state index in [1.807, 2.05) is 0 Å². The molecular formula is C24H22N4O6. The van der Waals surface area contributed by atoms with Gasteiger partial charge in [-0.25, -0.2) is 9.78 Å². The smallest absolute Gasteiger partial charge is 0.341 e. The number of esters is 1.